The summed E-state index contributed by atoms with van der Waals surface area (Å²) in [4.78, 5) is 12.2. The molecule has 2 aliphatic rings. The van der Waals surface area contributed by atoms with Gasteiger partial charge in [0.1, 0.15) is 0 Å². The zero-order valence-electron chi connectivity index (χ0n) is 14.8. The number of carbonyl (C=O) groups excluding carboxylic acids is 1. The Balaban J connectivity index is 1.62. The van der Waals surface area contributed by atoms with E-state index >= 15 is 0 Å². The first kappa shape index (κ1) is 19.2. The highest BCUT2D eigenvalue weighted by atomic mass is 32.2. The Morgan fingerprint density at radius 2 is 1.77 bits per heavy atom. The van der Waals surface area contributed by atoms with Gasteiger partial charge in [0.25, 0.3) is 0 Å². The molecule has 2 fully saturated rings. The minimum absolute atomic E-state index is 0.0146. The van der Waals surface area contributed by atoms with E-state index < -0.39 is 21.7 Å². The van der Waals surface area contributed by atoms with Crippen molar-refractivity contribution in [2.75, 3.05) is 13.1 Å². The monoisotopic (exact) mass is 386 g/mol. The van der Waals surface area contributed by atoms with Crippen LogP contribution in [0.3, 0.4) is 0 Å². The lowest BCUT2D eigenvalue weighted by atomic mass is 9.94. The molecule has 1 aromatic carbocycles. The summed E-state index contributed by atoms with van der Waals surface area (Å²) < 4.78 is 52.8. The molecule has 144 valence electrons. The van der Waals surface area contributed by atoms with Gasteiger partial charge in [-0.3, -0.25) is 4.79 Å². The maximum atomic E-state index is 13.4. The summed E-state index contributed by atoms with van der Waals surface area (Å²) in [6.07, 6.45) is 5.02. The first-order chi connectivity index (χ1) is 12.2. The van der Waals surface area contributed by atoms with Crippen molar-refractivity contribution >= 4 is 15.9 Å². The van der Waals surface area contributed by atoms with Crippen LogP contribution in [0.2, 0.25) is 0 Å². The number of rotatable bonds is 4. The van der Waals surface area contributed by atoms with E-state index in [0.717, 1.165) is 37.8 Å². The molecule has 1 aliphatic heterocycles. The van der Waals surface area contributed by atoms with Gasteiger partial charge >= 0.3 is 0 Å². The summed E-state index contributed by atoms with van der Waals surface area (Å²) in [5, 5.41) is 3.13. The molecule has 1 amide bonds. The lowest BCUT2D eigenvalue weighted by Crippen LogP contribution is -2.49. The second kappa shape index (κ2) is 7.23. The minimum Gasteiger partial charge on any atom is -0.351 e. The molecule has 1 aliphatic carbocycles. The Labute approximate surface area is 152 Å². The van der Waals surface area contributed by atoms with Gasteiger partial charge in [0.2, 0.25) is 15.9 Å². The van der Waals surface area contributed by atoms with E-state index in [1.54, 1.807) is 0 Å². The Hall–Kier alpha value is -1.54. The third-order valence-electron chi connectivity index (χ3n) is 5.49. The number of hydrogen-bond donors (Lipinski definition) is 1. The average molecular weight is 386 g/mol. The number of sulfonamides is 1. The standard InChI is InChI=1S/C18H24F2N2O3S/c1-18(8-2-3-9-18)21-17(23)13-6-10-22(11-7-13)26(24,25)14-4-5-15(19)16(20)12-14/h4-5,12-13H,2-3,6-11H2,1H3,(H,21,23). The van der Waals surface area contributed by atoms with E-state index in [2.05, 4.69) is 12.2 Å². The molecule has 0 atom stereocenters. The lowest BCUT2D eigenvalue weighted by molar-refractivity contribution is -0.127. The summed E-state index contributed by atoms with van der Waals surface area (Å²) >= 11 is 0. The maximum Gasteiger partial charge on any atom is 0.243 e. The van der Waals surface area contributed by atoms with Gasteiger partial charge in [0, 0.05) is 24.5 Å². The third-order valence-corrected chi connectivity index (χ3v) is 7.38. The number of piperidine rings is 1. The molecule has 26 heavy (non-hydrogen) atoms. The molecule has 3 rings (SSSR count). The van der Waals surface area contributed by atoms with Crippen molar-refractivity contribution in [2.24, 2.45) is 5.92 Å². The highest BCUT2D eigenvalue weighted by Gasteiger charge is 2.36. The molecule has 8 heteroatoms. The van der Waals surface area contributed by atoms with Crippen LogP contribution < -0.4 is 5.32 Å². The molecule has 0 unspecified atom stereocenters. The molecule has 0 aromatic heterocycles. The number of carbonyl (C=O) groups is 1. The highest BCUT2D eigenvalue weighted by Crippen LogP contribution is 2.30. The van der Waals surface area contributed by atoms with Crippen molar-refractivity contribution in [3.63, 3.8) is 0 Å². The fourth-order valence-corrected chi connectivity index (χ4v) is 5.31. The van der Waals surface area contributed by atoms with E-state index in [-0.39, 0.29) is 35.3 Å². The Bertz CT molecular complexity index is 784. The van der Waals surface area contributed by atoms with Crippen LogP contribution in [-0.2, 0) is 14.8 Å². The van der Waals surface area contributed by atoms with Crippen LogP contribution in [0.25, 0.3) is 0 Å². The lowest BCUT2D eigenvalue weighted by Gasteiger charge is -2.33. The van der Waals surface area contributed by atoms with Crippen LogP contribution in [0.4, 0.5) is 8.78 Å². The van der Waals surface area contributed by atoms with Gasteiger partial charge in [-0.1, -0.05) is 12.8 Å². The SMILES string of the molecule is CC1(NC(=O)C2CCN(S(=O)(=O)c3ccc(F)c(F)c3)CC2)CCCC1. The minimum atomic E-state index is -3.89. The van der Waals surface area contributed by atoms with Crippen molar-refractivity contribution in [3.8, 4) is 0 Å². The normalized spacial score (nSPS) is 21.7. The average Bonchev–Trinajstić information content (AvgIpc) is 3.03. The second-order valence-corrected chi connectivity index (χ2v) is 9.45. The van der Waals surface area contributed by atoms with Crippen molar-refractivity contribution in [1.29, 1.82) is 0 Å². The van der Waals surface area contributed by atoms with Gasteiger partial charge in [-0.15, -0.1) is 0 Å². The largest absolute Gasteiger partial charge is 0.351 e. The number of amides is 1. The van der Waals surface area contributed by atoms with Crippen LogP contribution in [0, 0.1) is 17.6 Å². The van der Waals surface area contributed by atoms with Gasteiger partial charge in [-0.25, -0.2) is 17.2 Å². The van der Waals surface area contributed by atoms with Crippen LogP contribution in [0.1, 0.15) is 45.4 Å². The molecule has 1 saturated heterocycles. The van der Waals surface area contributed by atoms with E-state index in [1.807, 2.05) is 0 Å². The Morgan fingerprint density at radius 3 is 2.35 bits per heavy atom. The first-order valence-corrected chi connectivity index (χ1v) is 10.4. The van der Waals surface area contributed by atoms with Crippen LogP contribution in [-0.4, -0.2) is 37.3 Å². The number of nitrogens with one attached hydrogen (secondary N) is 1. The number of benzene rings is 1. The van der Waals surface area contributed by atoms with E-state index in [9.17, 15) is 22.0 Å². The molecule has 1 N–H and O–H groups in total. The van der Waals surface area contributed by atoms with Gasteiger partial charge in [-0.05, 0) is 50.8 Å². The first-order valence-electron chi connectivity index (χ1n) is 8.98. The summed E-state index contributed by atoms with van der Waals surface area (Å²) in [5.41, 5.74) is -0.147. The molecule has 1 saturated carbocycles. The Morgan fingerprint density at radius 1 is 1.15 bits per heavy atom. The zero-order valence-corrected chi connectivity index (χ0v) is 15.6. The van der Waals surface area contributed by atoms with Crippen molar-refractivity contribution < 1.29 is 22.0 Å². The summed E-state index contributed by atoms with van der Waals surface area (Å²) in [6.45, 7) is 2.44. The topological polar surface area (TPSA) is 66.5 Å². The van der Waals surface area contributed by atoms with Gasteiger partial charge in [0.05, 0.1) is 4.90 Å². The quantitative estimate of drug-likeness (QED) is 0.865. The molecule has 1 heterocycles. The van der Waals surface area contributed by atoms with Crippen molar-refractivity contribution in [1.82, 2.24) is 9.62 Å². The third kappa shape index (κ3) is 3.91. The zero-order chi connectivity index (χ0) is 18.9. The Kier molecular flexibility index (Phi) is 5.35. The number of halogens is 2. The van der Waals surface area contributed by atoms with Gasteiger partial charge < -0.3 is 5.32 Å². The summed E-state index contributed by atoms with van der Waals surface area (Å²) in [6, 6.07) is 2.57. The molecule has 0 bridgehead atoms. The molecular formula is C18H24F2N2O3S. The fourth-order valence-electron chi connectivity index (χ4n) is 3.82. The van der Waals surface area contributed by atoms with Gasteiger partial charge in [0.15, 0.2) is 11.6 Å². The number of nitrogens with zero attached hydrogens (tertiary/aromatic N) is 1. The maximum absolute atomic E-state index is 13.4. The molecule has 0 radical (unpaired) electrons. The van der Waals surface area contributed by atoms with Crippen molar-refractivity contribution in [2.45, 2.75) is 55.9 Å². The fraction of sp³-hybridized carbons (Fsp3) is 0.611. The van der Waals surface area contributed by atoms with E-state index in [1.165, 1.54) is 4.31 Å². The van der Waals surface area contributed by atoms with Crippen LogP contribution in [0.5, 0.6) is 0 Å². The van der Waals surface area contributed by atoms with Crippen LogP contribution in [0.15, 0.2) is 23.1 Å². The summed E-state index contributed by atoms with van der Waals surface area (Å²) in [5.74, 6) is -2.51. The second-order valence-electron chi connectivity index (χ2n) is 7.51. The van der Waals surface area contributed by atoms with Gasteiger partial charge in [-0.2, -0.15) is 4.31 Å². The van der Waals surface area contributed by atoms with Crippen LogP contribution >= 0.6 is 0 Å². The highest BCUT2D eigenvalue weighted by molar-refractivity contribution is 7.89. The molecular weight excluding hydrogens is 362 g/mol. The molecule has 5 nitrogen and oxygen atoms in total. The number of hydrogen-bond acceptors (Lipinski definition) is 3. The summed E-state index contributed by atoms with van der Waals surface area (Å²) in [7, 11) is -3.89. The molecule has 0 spiro atoms. The smallest absolute Gasteiger partial charge is 0.243 e. The molecule has 1 aromatic rings. The predicted octanol–water partition coefficient (Wildman–Crippen LogP) is 2.81. The van der Waals surface area contributed by atoms with E-state index in [0.29, 0.717) is 18.9 Å². The van der Waals surface area contributed by atoms with Crippen molar-refractivity contribution in [3.05, 3.63) is 29.8 Å². The van der Waals surface area contributed by atoms with E-state index in [4.69, 9.17) is 0 Å². The predicted molar refractivity (Wildman–Crippen MR) is 92.9 cm³/mol.